The highest BCUT2D eigenvalue weighted by atomic mass is 16.5. The lowest BCUT2D eigenvalue weighted by molar-refractivity contribution is 0.208. The molecule has 31 heavy (non-hydrogen) atoms. The average Bonchev–Trinajstić information content (AvgIpc) is 2.81. The summed E-state index contributed by atoms with van der Waals surface area (Å²) in [5.41, 5.74) is 3.19. The first-order chi connectivity index (χ1) is 15.1. The molecule has 6 heteroatoms. The maximum Gasteiger partial charge on any atom is 0.321 e. The molecule has 3 aromatic carbocycles. The first-order valence-electron chi connectivity index (χ1n) is 10.4. The summed E-state index contributed by atoms with van der Waals surface area (Å²) in [6.07, 6.45) is 0. The van der Waals surface area contributed by atoms with Crippen LogP contribution in [0.25, 0.3) is 0 Å². The molecule has 0 radical (unpaired) electrons. The quantitative estimate of drug-likeness (QED) is 0.624. The summed E-state index contributed by atoms with van der Waals surface area (Å²) in [6, 6.07) is 23.2. The Morgan fingerprint density at radius 2 is 1.58 bits per heavy atom. The van der Waals surface area contributed by atoms with Gasteiger partial charge in [-0.05, 0) is 61.0 Å². The van der Waals surface area contributed by atoms with E-state index in [-0.39, 0.29) is 6.03 Å². The van der Waals surface area contributed by atoms with E-state index in [1.807, 2.05) is 53.4 Å². The van der Waals surface area contributed by atoms with Crippen molar-refractivity contribution in [2.24, 2.45) is 0 Å². The van der Waals surface area contributed by atoms with E-state index >= 15 is 0 Å². The first kappa shape index (κ1) is 20.6. The molecule has 160 valence electrons. The average molecular weight is 418 g/mol. The van der Waals surface area contributed by atoms with Gasteiger partial charge in [-0.1, -0.05) is 24.3 Å². The number of carbonyl (C=O) groups excluding carboxylic acids is 1. The third kappa shape index (κ3) is 5.09. The van der Waals surface area contributed by atoms with Crippen LogP contribution in [0.3, 0.4) is 0 Å². The van der Waals surface area contributed by atoms with Gasteiger partial charge >= 0.3 is 6.03 Å². The van der Waals surface area contributed by atoms with Crippen LogP contribution >= 0.6 is 0 Å². The van der Waals surface area contributed by atoms with E-state index < -0.39 is 0 Å². The highest BCUT2D eigenvalue weighted by molar-refractivity contribution is 5.89. The van der Waals surface area contributed by atoms with Crippen molar-refractivity contribution in [2.75, 3.05) is 43.5 Å². The fourth-order valence-corrected chi connectivity index (χ4v) is 3.63. The minimum atomic E-state index is -0.0812. The third-order valence-corrected chi connectivity index (χ3v) is 5.34. The number of hydrogen-bond acceptors (Lipinski definition) is 4. The van der Waals surface area contributed by atoms with Gasteiger partial charge in [0.25, 0.3) is 0 Å². The highest BCUT2D eigenvalue weighted by Crippen LogP contribution is 2.31. The van der Waals surface area contributed by atoms with Crippen molar-refractivity contribution in [3.63, 3.8) is 0 Å². The van der Waals surface area contributed by atoms with Gasteiger partial charge in [0.05, 0.1) is 7.11 Å². The van der Waals surface area contributed by atoms with Gasteiger partial charge in [0.15, 0.2) is 11.5 Å². The number of methoxy groups -OCH3 is 1. The second kappa shape index (κ2) is 9.43. The number of hydrogen-bond donors (Lipinski definition) is 1. The molecule has 1 aliphatic heterocycles. The second-order valence-electron chi connectivity index (χ2n) is 7.52. The number of aryl methyl sites for hydroxylation is 1. The van der Waals surface area contributed by atoms with Gasteiger partial charge in [0, 0.05) is 37.6 Å². The smallest absolute Gasteiger partial charge is 0.321 e. The van der Waals surface area contributed by atoms with E-state index in [9.17, 15) is 4.79 Å². The van der Waals surface area contributed by atoms with Crippen LogP contribution in [0.1, 0.15) is 5.56 Å². The molecule has 0 saturated carbocycles. The van der Waals surface area contributed by atoms with Crippen molar-refractivity contribution in [3.05, 3.63) is 78.4 Å². The summed E-state index contributed by atoms with van der Waals surface area (Å²) in [5.74, 6) is 1.99. The van der Waals surface area contributed by atoms with Crippen molar-refractivity contribution in [1.29, 1.82) is 0 Å². The Labute approximate surface area is 183 Å². The minimum absolute atomic E-state index is 0.0812. The Balaban J connectivity index is 1.31. The molecule has 0 spiro atoms. The van der Waals surface area contributed by atoms with Gasteiger partial charge in [-0.2, -0.15) is 0 Å². The van der Waals surface area contributed by atoms with Crippen molar-refractivity contribution in [3.8, 4) is 17.2 Å². The Kier molecular flexibility index (Phi) is 6.26. The van der Waals surface area contributed by atoms with Gasteiger partial charge in [-0.15, -0.1) is 0 Å². The predicted molar refractivity (Wildman–Crippen MR) is 123 cm³/mol. The number of piperazine rings is 1. The number of carbonyl (C=O) groups is 1. The maximum atomic E-state index is 12.7. The first-order valence-corrected chi connectivity index (χ1v) is 10.4. The Morgan fingerprint density at radius 3 is 2.26 bits per heavy atom. The lowest BCUT2D eigenvalue weighted by atomic mass is 10.2. The van der Waals surface area contributed by atoms with E-state index in [1.165, 1.54) is 11.3 Å². The lowest BCUT2D eigenvalue weighted by Gasteiger charge is -2.36. The summed E-state index contributed by atoms with van der Waals surface area (Å²) in [7, 11) is 1.61. The SMILES string of the molecule is COc1ccccc1Oc1ccc(NC(=O)N2CCN(c3cccc(C)c3)CC2)cc1. The predicted octanol–water partition coefficient (Wildman–Crippen LogP) is 5.15. The number of rotatable bonds is 5. The van der Waals surface area contributed by atoms with Gasteiger partial charge < -0.3 is 24.6 Å². The van der Waals surface area contributed by atoms with Crippen LogP contribution in [0.4, 0.5) is 16.2 Å². The number of anilines is 2. The largest absolute Gasteiger partial charge is 0.493 e. The number of amides is 2. The molecule has 1 N–H and O–H groups in total. The molecular weight excluding hydrogens is 390 g/mol. The summed E-state index contributed by atoms with van der Waals surface area (Å²) < 4.78 is 11.2. The fourth-order valence-electron chi connectivity index (χ4n) is 3.63. The van der Waals surface area contributed by atoms with Crippen LogP contribution in [0.5, 0.6) is 17.2 Å². The standard InChI is InChI=1S/C25H27N3O3/c1-19-6-5-7-21(18-19)27-14-16-28(17-15-27)25(29)26-20-10-12-22(13-11-20)31-24-9-4-3-8-23(24)30-2/h3-13,18H,14-17H2,1-2H3,(H,26,29). The van der Waals surface area contributed by atoms with Gasteiger partial charge in [-0.25, -0.2) is 4.79 Å². The van der Waals surface area contributed by atoms with Crippen LogP contribution in [0.2, 0.25) is 0 Å². The molecule has 0 aliphatic carbocycles. The Morgan fingerprint density at radius 1 is 0.871 bits per heavy atom. The molecule has 4 rings (SSSR count). The zero-order valence-electron chi connectivity index (χ0n) is 17.9. The summed E-state index contributed by atoms with van der Waals surface area (Å²) in [5, 5.41) is 2.98. The molecule has 3 aromatic rings. The van der Waals surface area contributed by atoms with Crippen LogP contribution < -0.4 is 19.7 Å². The molecule has 1 saturated heterocycles. The maximum absolute atomic E-state index is 12.7. The van der Waals surface area contributed by atoms with Crippen molar-refractivity contribution >= 4 is 17.4 Å². The Bertz CT molecular complexity index is 1030. The molecule has 6 nitrogen and oxygen atoms in total. The lowest BCUT2D eigenvalue weighted by Crippen LogP contribution is -2.50. The van der Waals surface area contributed by atoms with Crippen molar-refractivity contribution in [1.82, 2.24) is 4.90 Å². The zero-order valence-corrected chi connectivity index (χ0v) is 17.9. The number of ether oxygens (including phenoxy) is 2. The molecule has 1 heterocycles. The molecular formula is C25H27N3O3. The normalized spacial score (nSPS) is 13.6. The molecule has 0 atom stereocenters. The molecule has 2 amide bonds. The van der Waals surface area contributed by atoms with Gasteiger partial charge in [0.1, 0.15) is 5.75 Å². The van der Waals surface area contributed by atoms with E-state index in [0.717, 1.165) is 18.8 Å². The van der Waals surface area contributed by atoms with Gasteiger partial charge in [-0.3, -0.25) is 0 Å². The summed E-state index contributed by atoms with van der Waals surface area (Å²) in [4.78, 5) is 16.8. The van der Waals surface area contributed by atoms with Crippen LogP contribution in [0.15, 0.2) is 72.8 Å². The summed E-state index contributed by atoms with van der Waals surface area (Å²) >= 11 is 0. The van der Waals surface area contributed by atoms with E-state index in [0.29, 0.717) is 30.3 Å². The van der Waals surface area contributed by atoms with E-state index in [1.54, 1.807) is 7.11 Å². The zero-order chi connectivity index (χ0) is 21.6. The van der Waals surface area contributed by atoms with Crippen molar-refractivity contribution < 1.29 is 14.3 Å². The van der Waals surface area contributed by atoms with Crippen LogP contribution in [-0.4, -0.2) is 44.2 Å². The third-order valence-electron chi connectivity index (χ3n) is 5.34. The monoisotopic (exact) mass is 417 g/mol. The topological polar surface area (TPSA) is 54.0 Å². The fraction of sp³-hybridized carbons (Fsp3) is 0.240. The minimum Gasteiger partial charge on any atom is -0.493 e. The van der Waals surface area contributed by atoms with Gasteiger partial charge in [0.2, 0.25) is 0 Å². The van der Waals surface area contributed by atoms with Crippen LogP contribution in [0, 0.1) is 6.92 Å². The number of urea groups is 1. The number of nitrogens with zero attached hydrogens (tertiary/aromatic N) is 2. The van der Waals surface area contributed by atoms with E-state index in [4.69, 9.17) is 9.47 Å². The molecule has 0 bridgehead atoms. The van der Waals surface area contributed by atoms with Crippen LogP contribution in [-0.2, 0) is 0 Å². The second-order valence-corrected chi connectivity index (χ2v) is 7.52. The Hall–Kier alpha value is -3.67. The number of nitrogens with one attached hydrogen (secondary N) is 1. The highest BCUT2D eigenvalue weighted by Gasteiger charge is 2.21. The molecule has 1 fully saturated rings. The number of benzene rings is 3. The number of para-hydroxylation sites is 2. The van der Waals surface area contributed by atoms with Crippen molar-refractivity contribution in [2.45, 2.75) is 6.92 Å². The summed E-state index contributed by atoms with van der Waals surface area (Å²) in [6.45, 7) is 5.12. The molecule has 0 unspecified atom stereocenters. The molecule has 1 aliphatic rings. The van der Waals surface area contributed by atoms with E-state index in [2.05, 4.69) is 41.4 Å². The molecule has 0 aromatic heterocycles.